The zero-order valence-electron chi connectivity index (χ0n) is 9.80. The standard InChI is InChI=1S/C12H10BrN5O/c13-8-3-1-2-7(4-8)5-10-16-12(19-18-10)9-6-15-17-11(9)14/h1-4,6H,5H2,(H3,14,15,17). The molecule has 0 spiro atoms. The van der Waals surface area contributed by atoms with Gasteiger partial charge in [-0.2, -0.15) is 10.1 Å². The maximum Gasteiger partial charge on any atom is 0.263 e. The highest BCUT2D eigenvalue weighted by atomic mass is 79.9. The normalized spacial score (nSPS) is 10.8. The first-order valence-corrected chi connectivity index (χ1v) is 6.38. The average molecular weight is 320 g/mol. The Kier molecular flexibility index (Phi) is 3.04. The highest BCUT2D eigenvalue weighted by Crippen LogP contribution is 2.22. The minimum Gasteiger partial charge on any atom is -0.383 e. The Balaban J connectivity index is 1.84. The smallest absolute Gasteiger partial charge is 0.263 e. The molecular formula is C12H10BrN5O. The molecule has 0 aliphatic heterocycles. The maximum atomic E-state index is 5.70. The van der Waals surface area contributed by atoms with E-state index in [1.165, 1.54) is 0 Å². The summed E-state index contributed by atoms with van der Waals surface area (Å²) < 4.78 is 6.20. The van der Waals surface area contributed by atoms with Crippen molar-refractivity contribution >= 4 is 21.7 Å². The quantitative estimate of drug-likeness (QED) is 0.773. The predicted molar refractivity (Wildman–Crippen MR) is 73.2 cm³/mol. The lowest BCUT2D eigenvalue weighted by Gasteiger charge is -1.96. The molecule has 3 aromatic rings. The van der Waals surface area contributed by atoms with Crippen molar-refractivity contribution in [2.75, 3.05) is 5.73 Å². The number of benzene rings is 1. The minimum atomic E-state index is 0.372. The molecule has 3 N–H and O–H groups in total. The zero-order valence-corrected chi connectivity index (χ0v) is 11.4. The Morgan fingerprint density at radius 3 is 3.00 bits per heavy atom. The van der Waals surface area contributed by atoms with Crippen LogP contribution in [0.4, 0.5) is 5.82 Å². The van der Waals surface area contributed by atoms with Crippen molar-refractivity contribution in [3.8, 4) is 11.5 Å². The zero-order chi connectivity index (χ0) is 13.2. The summed E-state index contributed by atoms with van der Waals surface area (Å²) in [4.78, 5) is 4.31. The number of nitrogens with one attached hydrogen (secondary N) is 1. The number of aromatic nitrogens is 4. The number of anilines is 1. The number of hydrogen-bond donors (Lipinski definition) is 2. The molecule has 1 aromatic carbocycles. The summed E-state index contributed by atoms with van der Waals surface area (Å²) in [5, 5.41) is 10.4. The molecule has 0 bridgehead atoms. The first-order valence-electron chi connectivity index (χ1n) is 5.58. The van der Waals surface area contributed by atoms with Gasteiger partial charge < -0.3 is 10.3 Å². The van der Waals surface area contributed by atoms with Gasteiger partial charge in [-0.1, -0.05) is 33.2 Å². The van der Waals surface area contributed by atoms with Crippen LogP contribution in [0.5, 0.6) is 0 Å². The molecule has 0 unspecified atom stereocenters. The van der Waals surface area contributed by atoms with Gasteiger partial charge >= 0.3 is 0 Å². The molecule has 3 rings (SSSR count). The second kappa shape index (κ2) is 4.85. The van der Waals surface area contributed by atoms with E-state index in [9.17, 15) is 0 Å². The number of nitrogens with zero attached hydrogens (tertiary/aromatic N) is 3. The van der Waals surface area contributed by atoms with Crippen LogP contribution in [0.2, 0.25) is 0 Å². The Bertz CT molecular complexity index is 705. The van der Waals surface area contributed by atoms with Gasteiger partial charge in [-0.15, -0.1) is 0 Å². The fraction of sp³-hybridized carbons (Fsp3) is 0.0833. The largest absolute Gasteiger partial charge is 0.383 e. The molecule has 0 amide bonds. The Morgan fingerprint density at radius 1 is 1.37 bits per heavy atom. The van der Waals surface area contributed by atoms with Crippen molar-refractivity contribution in [2.45, 2.75) is 6.42 Å². The monoisotopic (exact) mass is 319 g/mol. The molecular weight excluding hydrogens is 310 g/mol. The van der Waals surface area contributed by atoms with E-state index >= 15 is 0 Å². The first-order chi connectivity index (χ1) is 9.22. The van der Waals surface area contributed by atoms with Crippen LogP contribution in [0.3, 0.4) is 0 Å². The van der Waals surface area contributed by atoms with Gasteiger partial charge in [-0.05, 0) is 17.7 Å². The molecule has 0 aliphatic rings. The van der Waals surface area contributed by atoms with Gasteiger partial charge in [0.1, 0.15) is 11.4 Å². The number of nitrogen functional groups attached to an aromatic ring is 1. The van der Waals surface area contributed by atoms with Crippen LogP contribution in [0, 0.1) is 0 Å². The Hall–Kier alpha value is -2.15. The Labute approximate surface area is 117 Å². The molecule has 2 heterocycles. The predicted octanol–water partition coefficient (Wildman–Crippen LogP) is 2.40. The van der Waals surface area contributed by atoms with Crippen molar-refractivity contribution in [1.29, 1.82) is 0 Å². The molecule has 6 nitrogen and oxygen atoms in total. The fourth-order valence-electron chi connectivity index (χ4n) is 1.73. The van der Waals surface area contributed by atoms with E-state index in [-0.39, 0.29) is 0 Å². The molecule has 0 aliphatic carbocycles. The van der Waals surface area contributed by atoms with Gasteiger partial charge in [-0.25, -0.2) is 0 Å². The van der Waals surface area contributed by atoms with Crippen LogP contribution >= 0.6 is 15.9 Å². The van der Waals surface area contributed by atoms with Gasteiger partial charge in [0.05, 0.1) is 6.20 Å². The van der Waals surface area contributed by atoms with Crippen LogP contribution in [0.1, 0.15) is 11.4 Å². The number of nitrogens with two attached hydrogens (primary N) is 1. The third kappa shape index (κ3) is 2.50. The van der Waals surface area contributed by atoms with E-state index in [4.69, 9.17) is 10.3 Å². The van der Waals surface area contributed by atoms with Crippen LogP contribution in [0.15, 0.2) is 39.5 Å². The molecule has 2 aromatic heterocycles. The van der Waals surface area contributed by atoms with Crippen molar-refractivity contribution in [3.05, 3.63) is 46.3 Å². The summed E-state index contributed by atoms with van der Waals surface area (Å²) in [6.07, 6.45) is 2.16. The number of H-pyrrole nitrogens is 1. The topological polar surface area (TPSA) is 93.6 Å². The number of halogens is 1. The lowest BCUT2D eigenvalue weighted by molar-refractivity contribution is 0.424. The van der Waals surface area contributed by atoms with Gasteiger partial charge in [0, 0.05) is 10.9 Å². The summed E-state index contributed by atoms with van der Waals surface area (Å²) in [6, 6.07) is 7.96. The SMILES string of the molecule is Nc1[nH]ncc1-c1nc(Cc2cccc(Br)c2)no1. The van der Waals surface area contributed by atoms with Gasteiger partial charge in [0.25, 0.3) is 5.89 Å². The van der Waals surface area contributed by atoms with Gasteiger partial charge in [0.15, 0.2) is 5.82 Å². The van der Waals surface area contributed by atoms with Crippen molar-refractivity contribution in [2.24, 2.45) is 0 Å². The number of hydrogen-bond acceptors (Lipinski definition) is 5. The number of aromatic amines is 1. The van der Waals surface area contributed by atoms with Crippen molar-refractivity contribution < 1.29 is 4.52 Å². The van der Waals surface area contributed by atoms with E-state index in [1.54, 1.807) is 6.20 Å². The molecule has 7 heteroatoms. The molecule has 0 saturated carbocycles. The van der Waals surface area contributed by atoms with E-state index in [2.05, 4.69) is 36.3 Å². The van der Waals surface area contributed by atoms with E-state index in [0.29, 0.717) is 29.5 Å². The van der Waals surface area contributed by atoms with E-state index in [0.717, 1.165) is 10.0 Å². The van der Waals surface area contributed by atoms with Crippen LogP contribution in [-0.4, -0.2) is 20.3 Å². The summed E-state index contributed by atoms with van der Waals surface area (Å²) >= 11 is 3.43. The molecule has 19 heavy (non-hydrogen) atoms. The van der Waals surface area contributed by atoms with Gasteiger partial charge in [-0.3, -0.25) is 5.10 Å². The number of rotatable bonds is 3. The summed E-state index contributed by atoms with van der Waals surface area (Å²) in [7, 11) is 0. The third-order valence-electron chi connectivity index (χ3n) is 2.62. The van der Waals surface area contributed by atoms with Gasteiger partial charge in [0.2, 0.25) is 0 Å². The molecule has 0 saturated heterocycles. The summed E-state index contributed by atoms with van der Waals surface area (Å²) in [5.74, 6) is 1.39. The van der Waals surface area contributed by atoms with Crippen molar-refractivity contribution in [3.63, 3.8) is 0 Å². The van der Waals surface area contributed by atoms with E-state index in [1.807, 2.05) is 24.3 Å². The molecule has 0 fully saturated rings. The van der Waals surface area contributed by atoms with Crippen LogP contribution in [0.25, 0.3) is 11.5 Å². The third-order valence-corrected chi connectivity index (χ3v) is 3.11. The highest BCUT2D eigenvalue weighted by Gasteiger charge is 2.13. The second-order valence-corrected chi connectivity index (χ2v) is 4.94. The Morgan fingerprint density at radius 2 is 2.26 bits per heavy atom. The minimum absolute atomic E-state index is 0.372. The van der Waals surface area contributed by atoms with Crippen molar-refractivity contribution in [1.82, 2.24) is 20.3 Å². The summed E-state index contributed by atoms with van der Waals surface area (Å²) in [6.45, 7) is 0. The van der Waals surface area contributed by atoms with E-state index < -0.39 is 0 Å². The summed E-state index contributed by atoms with van der Waals surface area (Å²) in [5.41, 5.74) is 7.42. The maximum absolute atomic E-state index is 5.70. The highest BCUT2D eigenvalue weighted by molar-refractivity contribution is 9.10. The lowest BCUT2D eigenvalue weighted by Crippen LogP contribution is -1.91. The first kappa shape index (κ1) is 11.9. The molecule has 0 atom stereocenters. The second-order valence-electron chi connectivity index (χ2n) is 4.02. The lowest BCUT2D eigenvalue weighted by atomic mass is 10.1. The van der Waals surface area contributed by atoms with Crippen LogP contribution < -0.4 is 5.73 Å². The average Bonchev–Trinajstić information content (AvgIpc) is 2.98. The van der Waals surface area contributed by atoms with Crippen LogP contribution in [-0.2, 0) is 6.42 Å². The fourth-order valence-corrected chi connectivity index (χ4v) is 2.18. The molecule has 96 valence electrons. The molecule has 0 radical (unpaired) electrons.